The summed E-state index contributed by atoms with van der Waals surface area (Å²) in [6.45, 7) is 6.77. The lowest BCUT2D eigenvalue weighted by Gasteiger charge is -2.54. The first kappa shape index (κ1) is 15.3. The van der Waals surface area contributed by atoms with E-state index in [1.165, 1.54) is 32.1 Å². The Morgan fingerprint density at radius 1 is 1.05 bits per heavy atom. The maximum atomic E-state index is 11.9. The van der Waals surface area contributed by atoms with Gasteiger partial charge in [0.25, 0.3) is 0 Å². The largest absolute Gasteiger partial charge is 0.438 e. The average molecular weight is 294 g/mol. The van der Waals surface area contributed by atoms with Gasteiger partial charge in [0.05, 0.1) is 12.0 Å². The standard InChI is InChI=1S/C18H30O3/c1-4-18(2,3)17(19)21-11-20-10-16-14-6-12-5-13(8-14)9-15(16)7-12/h12-16H,4-11H2,1-3H3. The fourth-order valence-electron chi connectivity index (χ4n) is 4.93. The Hall–Kier alpha value is -0.570. The molecule has 0 radical (unpaired) electrons. The van der Waals surface area contributed by atoms with Gasteiger partial charge in [-0.3, -0.25) is 4.79 Å². The first-order valence-corrected chi connectivity index (χ1v) is 8.74. The molecule has 0 unspecified atom stereocenters. The number of esters is 1. The summed E-state index contributed by atoms with van der Waals surface area (Å²) >= 11 is 0. The Labute approximate surface area is 128 Å². The van der Waals surface area contributed by atoms with E-state index in [1.54, 1.807) is 0 Å². The Morgan fingerprint density at radius 3 is 2.14 bits per heavy atom. The summed E-state index contributed by atoms with van der Waals surface area (Å²) in [6.07, 6.45) is 7.96. The van der Waals surface area contributed by atoms with Crippen LogP contribution in [-0.4, -0.2) is 19.4 Å². The van der Waals surface area contributed by atoms with Crippen LogP contribution in [0.2, 0.25) is 0 Å². The lowest BCUT2D eigenvalue weighted by Crippen LogP contribution is -2.46. The normalized spacial score (nSPS) is 37.8. The molecule has 0 aromatic rings. The van der Waals surface area contributed by atoms with Crippen molar-refractivity contribution in [2.45, 2.75) is 59.3 Å². The fourth-order valence-corrected chi connectivity index (χ4v) is 4.93. The summed E-state index contributed by atoms with van der Waals surface area (Å²) in [5, 5.41) is 0. The Morgan fingerprint density at radius 2 is 1.62 bits per heavy atom. The van der Waals surface area contributed by atoms with Gasteiger partial charge < -0.3 is 9.47 Å². The van der Waals surface area contributed by atoms with Crippen LogP contribution in [-0.2, 0) is 14.3 Å². The van der Waals surface area contributed by atoms with Gasteiger partial charge in [0.1, 0.15) is 0 Å². The molecule has 0 heterocycles. The minimum absolute atomic E-state index is 0.130. The maximum Gasteiger partial charge on any atom is 0.313 e. The summed E-state index contributed by atoms with van der Waals surface area (Å²) < 4.78 is 11.0. The highest BCUT2D eigenvalue weighted by atomic mass is 16.7. The molecule has 120 valence electrons. The second-order valence-corrected chi connectivity index (χ2v) is 8.25. The first-order valence-electron chi connectivity index (χ1n) is 8.74. The molecule has 0 aromatic heterocycles. The van der Waals surface area contributed by atoms with Crippen molar-refractivity contribution in [2.75, 3.05) is 13.4 Å². The van der Waals surface area contributed by atoms with Crippen LogP contribution in [0.4, 0.5) is 0 Å². The van der Waals surface area contributed by atoms with Gasteiger partial charge in [-0.2, -0.15) is 0 Å². The molecule has 0 saturated heterocycles. The topological polar surface area (TPSA) is 35.5 Å². The molecular formula is C18H30O3. The molecule has 4 rings (SSSR count). The minimum atomic E-state index is -0.397. The van der Waals surface area contributed by atoms with Crippen molar-refractivity contribution in [3.05, 3.63) is 0 Å². The number of carbonyl (C=O) groups is 1. The van der Waals surface area contributed by atoms with Gasteiger partial charge >= 0.3 is 5.97 Å². The van der Waals surface area contributed by atoms with Crippen molar-refractivity contribution in [3.8, 4) is 0 Å². The van der Waals surface area contributed by atoms with Crippen molar-refractivity contribution >= 4 is 5.97 Å². The second kappa shape index (κ2) is 5.91. The number of hydrogen-bond donors (Lipinski definition) is 0. The van der Waals surface area contributed by atoms with E-state index in [-0.39, 0.29) is 12.8 Å². The molecule has 4 bridgehead atoms. The Kier molecular flexibility index (Phi) is 4.31. The smallest absolute Gasteiger partial charge is 0.313 e. The molecule has 0 amide bonds. The van der Waals surface area contributed by atoms with E-state index in [1.807, 2.05) is 20.8 Å². The minimum Gasteiger partial charge on any atom is -0.438 e. The van der Waals surface area contributed by atoms with E-state index in [0.29, 0.717) is 0 Å². The third-order valence-corrected chi connectivity index (χ3v) is 6.44. The zero-order chi connectivity index (χ0) is 15.0. The third-order valence-electron chi connectivity index (χ3n) is 6.44. The predicted molar refractivity (Wildman–Crippen MR) is 81.5 cm³/mol. The lowest BCUT2D eigenvalue weighted by atomic mass is 9.52. The van der Waals surface area contributed by atoms with Crippen molar-refractivity contribution in [1.29, 1.82) is 0 Å². The third kappa shape index (κ3) is 3.13. The van der Waals surface area contributed by atoms with E-state index >= 15 is 0 Å². The summed E-state index contributed by atoms with van der Waals surface area (Å²) in [6, 6.07) is 0. The molecule has 0 aromatic carbocycles. The van der Waals surface area contributed by atoms with Crippen molar-refractivity contribution < 1.29 is 14.3 Å². The van der Waals surface area contributed by atoms with Gasteiger partial charge in [-0.1, -0.05) is 6.92 Å². The number of carbonyl (C=O) groups excluding carboxylic acids is 1. The summed E-state index contributed by atoms with van der Waals surface area (Å²) in [5.74, 6) is 4.35. The van der Waals surface area contributed by atoms with Crippen LogP contribution in [0.3, 0.4) is 0 Å². The molecule has 0 aliphatic heterocycles. The molecule has 0 atom stereocenters. The van der Waals surface area contributed by atoms with Crippen molar-refractivity contribution in [2.24, 2.45) is 35.0 Å². The predicted octanol–water partition coefficient (Wildman–Crippen LogP) is 4.01. The first-order chi connectivity index (χ1) is 9.99. The zero-order valence-electron chi connectivity index (χ0n) is 13.8. The van der Waals surface area contributed by atoms with Crippen LogP contribution >= 0.6 is 0 Å². The van der Waals surface area contributed by atoms with Gasteiger partial charge in [0.15, 0.2) is 6.79 Å². The molecule has 4 fully saturated rings. The van der Waals surface area contributed by atoms with E-state index < -0.39 is 5.41 Å². The van der Waals surface area contributed by atoms with E-state index in [2.05, 4.69) is 0 Å². The maximum absolute atomic E-state index is 11.9. The second-order valence-electron chi connectivity index (χ2n) is 8.25. The molecule has 0 N–H and O–H groups in total. The molecule has 3 heteroatoms. The number of rotatable bonds is 6. The van der Waals surface area contributed by atoms with E-state index in [0.717, 1.165) is 42.6 Å². The van der Waals surface area contributed by atoms with Crippen LogP contribution in [0.5, 0.6) is 0 Å². The van der Waals surface area contributed by atoms with Crippen LogP contribution in [0.25, 0.3) is 0 Å². The van der Waals surface area contributed by atoms with Crippen molar-refractivity contribution in [3.63, 3.8) is 0 Å². The van der Waals surface area contributed by atoms with Gasteiger partial charge in [-0.25, -0.2) is 0 Å². The summed E-state index contributed by atoms with van der Waals surface area (Å²) in [5.41, 5.74) is -0.397. The average Bonchev–Trinajstić information content (AvgIpc) is 2.44. The number of ether oxygens (including phenoxy) is 2. The molecule has 0 spiro atoms. The highest BCUT2D eigenvalue weighted by molar-refractivity contribution is 5.75. The molecule has 4 saturated carbocycles. The van der Waals surface area contributed by atoms with Crippen molar-refractivity contribution in [1.82, 2.24) is 0 Å². The van der Waals surface area contributed by atoms with Gasteiger partial charge in [-0.05, 0) is 82.0 Å². The Balaban J connectivity index is 1.41. The van der Waals surface area contributed by atoms with Crippen LogP contribution in [0, 0.1) is 35.0 Å². The van der Waals surface area contributed by atoms with Crippen LogP contribution in [0.1, 0.15) is 59.3 Å². The fraction of sp³-hybridized carbons (Fsp3) is 0.944. The lowest BCUT2D eigenvalue weighted by molar-refractivity contribution is -0.171. The van der Waals surface area contributed by atoms with Gasteiger partial charge in [-0.15, -0.1) is 0 Å². The summed E-state index contributed by atoms with van der Waals surface area (Å²) in [7, 11) is 0. The molecule has 3 nitrogen and oxygen atoms in total. The zero-order valence-corrected chi connectivity index (χ0v) is 13.8. The Bertz CT molecular complexity index is 360. The van der Waals surface area contributed by atoms with Crippen LogP contribution < -0.4 is 0 Å². The molecule has 4 aliphatic carbocycles. The van der Waals surface area contributed by atoms with E-state index in [9.17, 15) is 4.79 Å². The number of hydrogen-bond acceptors (Lipinski definition) is 3. The molecule has 4 aliphatic rings. The quantitative estimate of drug-likeness (QED) is 0.422. The SMILES string of the molecule is CCC(C)(C)C(=O)OCOCC1C2CC3CC(C2)CC1C3. The highest BCUT2D eigenvalue weighted by Gasteiger charge is 2.48. The highest BCUT2D eigenvalue weighted by Crippen LogP contribution is 2.56. The van der Waals surface area contributed by atoms with Gasteiger partial charge in [0, 0.05) is 0 Å². The molecule has 21 heavy (non-hydrogen) atoms. The van der Waals surface area contributed by atoms with Crippen LogP contribution in [0.15, 0.2) is 0 Å². The van der Waals surface area contributed by atoms with E-state index in [4.69, 9.17) is 9.47 Å². The molecular weight excluding hydrogens is 264 g/mol. The monoisotopic (exact) mass is 294 g/mol. The summed E-state index contributed by atoms with van der Waals surface area (Å²) in [4.78, 5) is 11.9. The van der Waals surface area contributed by atoms with Gasteiger partial charge in [0.2, 0.25) is 0 Å².